The van der Waals surface area contributed by atoms with Crippen molar-refractivity contribution in [2.45, 2.75) is 19.9 Å². The topological polar surface area (TPSA) is 64.1 Å². The molecule has 14 heavy (non-hydrogen) atoms. The van der Waals surface area contributed by atoms with E-state index < -0.39 is 0 Å². The molecule has 5 nitrogen and oxygen atoms in total. The van der Waals surface area contributed by atoms with Crippen molar-refractivity contribution in [3.63, 3.8) is 0 Å². The van der Waals surface area contributed by atoms with Crippen LogP contribution in [-0.2, 0) is 9.53 Å². The molecule has 0 fully saturated rings. The average Bonchev–Trinajstić information content (AvgIpc) is 2.65. The lowest BCUT2D eigenvalue weighted by Gasteiger charge is -2.18. The van der Waals surface area contributed by atoms with Gasteiger partial charge in [-0.15, -0.1) is 0 Å². The van der Waals surface area contributed by atoms with E-state index in [0.717, 1.165) is 0 Å². The lowest BCUT2D eigenvalue weighted by Crippen LogP contribution is -2.35. The fraction of sp³-hybridized carbons (Fsp3) is 0.625. The van der Waals surface area contributed by atoms with Gasteiger partial charge in [0.05, 0.1) is 7.11 Å². The summed E-state index contributed by atoms with van der Waals surface area (Å²) < 4.78 is 8.51. The minimum atomic E-state index is -0.368. The van der Waals surface area contributed by atoms with Crippen LogP contribution in [0.15, 0.2) is 6.33 Å². The van der Waals surface area contributed by atoms with Crippen molar-refractivity contribution in [1.29, 1.82) is 0 Å². The molecule has 0 aliphatic heterocycles. The highest BCUT2D eigenvalue weighted by Crippen LogP contribution is 2.13. The van der Waals surface area contributed by atoms with Crippen LogP contribution in [0.2, 0.25) is 0 Å². The van der Waals surface area contributed by atoms with Gasteiger partial charge in [-0.2, -0.15) is 4.37 Å². The molecule has 1 aromatic heterocycles. The lowest BCUT2D eigenvalue weighted by atomic mass is 10.1. The standard InChI is InChI=1S/C8H13N3O2S/c1-5(2)6(7(12)13-3)11-8-9-4-10-14-8/h4-6H,1-3H3,(H,9,10,11). The lowest BCUT2D eigenvalue weighted by molar-refractivity contribution is -0.142. The van der Waals surface area contributed by atoms with Crippen LogP contribution in [0.25, 0.3) is 0 Å². The molecule has 0 aliphatic rings. The number of hydrogen-bond donors (Lipinski definition) is 1. The second-order valence-corrected chi connectivity index (χ2v) is 3.92. The molecule has 6 heteroatoms. The summed E-state index contributed by atoms with van der Waals surface area (Å²) in [5.74, 6) is -0.137. The third-order valence-corrected chi connectivity index (χ3v) is 2.36. The number of aromatic nitrogens is 2. The van der Waals surface area contributed by atoms with Gasteiger partial charge in [0.15, 0.2) is 0 Å². The smallest absolute Gasteiger partial charge is 0.328 e. The normalized spacial score (nSPS) is 12.6. The Morgan fingerprint density at radius 1 is 1.64 bits per heavy atom. The SMILES string of the molecule is COC(=O)C(Nc1ncns1)C(C)C. The van der Waals surface area contributed by atoms with Gasteiger partial charge in [0.2, 0.25) is 5.13 Å². The van der Waals surface area contributed by atoms with Crippen molar-refractivity contribution in [3.8, 4) is 0 Å². The summed E-state index contributed by atoms with van der Waals surface area (Å²) >= 11 is 1.22. The minimum absolute atomic E-state index is 0.145. The molecule has 0 radical (unpaired) electrons. The number of carbonyl (C=O) groups is 1. The summed E-state index contributed by atoms with van der Waals surface area (Å²) in [7, 11) is 1.37. The van der Waals surface area contributed by atoms with Crippen LogP contribution in [0, 0.1) is 5.92 Å². The van der Waals surface area contributed by atoms with Gasteiger partial charge in [-0.1, -0.05) is 13.8 Å². The van der Waals surface area contributed by atoms with Crippen molar-refractivity contribution in [3.05, 3.63) is 6.33 Å². The van der Waals surface area contributed by atoms with E-state index in [9.17, 15) is 4.79 Å². The fourth-order valence-corrected chi connectivity index (χ4v) is 1.46. The van der Waals surface area contributed by atoms with Gasteiger partial charge in [-0.05, 0) is 5.92 Å². The Kier molecular flexibility index (Phi) is 3.82. The van der Waals surface area contributed by atoms with Gasteiger partial charge in [-0.3, -0.25) is 0 Å². The molecule has 0 saturated carbocycles. The molecule has 1 rings (SSSR count). The molecule has 1 unspecified atom stereocenters. The predicted molar refractivity (Wildman–Crippen MR) is 54.2 cm³/mol. The van der Waals surface area contributed by atoms with Crippen molar-refractivity contribution < 1.29 is 9.53 Å². The van der Waals surface area contributed by atoms with Gasteiger partial charge >= 0.3 is 5.97 Å². The molecule has 0 spiro atoms. The van der Waals surface area contributed by atoms with Crippen molar-refractivity contribution >= 4 is 22.6 Å². The van der Waals surface area contributed by atoms with Gasteiger partial charge in [0.1, 0.15) is 12.4 Å². The second kappa shape index (κ2) is 4.90. The van der Waals surface area contributed by atoms with Gasteiger partial charge in [0, 0.05) is 11.5 Å². The Labute approximate surface area is 86.7 Å². The summed E-state index contributed by atoms with van der Waals surface area (Å²) in [6.45, 7) is 3.88. The monoisotopic (exact) mass is 215 g/mol. The molecular formula is C8H13N3O2S. The predicted octanol–water partition coefficient (Wildman–Crippen LogP) is 1.15. The molecule has 1 aromatic rings. The van der Waals surface area contributed by atoms with E-state index >= 15 is 0 Å². The Bertz CT molecular complexity index is 287. The maximum atomic E-state index is 11.4. The highest BCUT2D eigenvalue weighted by atomic mass is 32.1. The van der Waals surface area contributed by atoms with E-state index in [1.165, 1.54) is 25.0 Å². The van der Waals surface area contributed by atoms with Crippen LogP contribution in [0.5, 0.6) is 0 Å². The number of ether oxygens (including phenoxy) is 1. The molecule has 1 heterocycles. The van der Waals surface area contributed by atoms with E-state index in [1.807, 2.05) is 13.8 Å². The van der Waals surface area contributed by atoms with E-state index in [-0.39, 0.29) is 17.9 Å². The Hall–Kier alpha value is -1.17. The fourth-order valence-electron chi connectivity index (χ4n) is 0.994. The molecule has 0 bridgehead atoms. The maximum Gasteiger partial charge on any atom is 0.328 e. The number of esters is 1. The number of rotatable bonds is 4. The Morgan fingerprint density at radius 2 is 2.36 bits per heavy atom. The van der Waals surface area contributed by atoms with E-state index in [0.29, 0.717) is 5.13 Å². The van der Waals surface area contributed by atoms with Gasteiger partial charge in [-0.25, -0.2) is 9.78 Å². The molecule has 0 aliphatic carbocycles. The van der Waals surface area contributed by atoms with Crippen LogP contribution in [0.3, 0.4) is 0 Å². The number of carbonyl (C=O) groups excluding carboxylic acids is 1. The van der Waals surface area contributed by atoms with Crippen molar-refractivity contribution in [1.82, 2.24) is 9.36 Å². The molecule has 1 N–H and O–H groups in total. The Morgan fingerprint density at radius 3 is 2.79 bits per heavy atom. The van der Waals surface area contributed by atoms with Crippen LogP contribution < -0.4 is 5.32 Å². The first-order valence-electron chi connectivity index (χ1n) is 4.26. The highest BCUT2D eigenvalue weighted by molar-refractivity contribution is 7.09. The minimum Gasteiger partial charge on any atom is -0.467 e. The van der Waals surface area contributed by atoms with Crippen LogP contribution in [0.1, 0.15) is 13.8 Å². The third-order valence-electron chi connectivity index (χ3n) is 1.76. The first-order chi connectivity index (χ1) is 6.65. The number of anilines is 1. The summed E-state index contributed by atoms with van der Waals surface area (Å²) in [5.41, 5.74) is 0. The van der Waals surface area contributed by atoms with Crippen molar-refractivity contribution in [2.24, 2.45) is 5.92 Å². The Balaban J connectivity index is 2.65. The number of nitrogens with one attached hydrogen (secondary N) is 1. The molecule has 0 aromatic carbocycles. The molecule has 0 saturated heterocycles. The number of hydrogen-bond acceptors (Lipinski definition) is 6. The zero-order valence-electron chi connectivity index (χ0n) is 8.35. The zero-order valence-corrected chi connectivity index (χ0v) is 9.17. The van der Waals surface area contributed by atoms with Gasteiger partial charge in [0.25, 0.3) is 0 Å². The highest BCUT2D eigenvalue weighted by Gasteiger charge is 2.23. The van der Waals surface area contributed by atoms with E-state index in [2.05, 4.69) is 19.4 Å². The molecular weight excluding hydrogens is 202 g/mol. The molecule has 1 atom stereocenters. The number of methoxy groups -OCH3 is 1. The number of nitrogens with zero attached hydrogens (tertiary/aromatic N) is 2. The summed E-state index contributed by atoms with van der Waals surface area (Å²) in [5, 5.41) is 3.61. The molecule has 78 valence electrons. The van der Waals surface area contributed by atoms with Crippen molar-refractivity contribution in [2.75, 3.05) is 12.4 Å². The van der Waals surface area contributed by atoms with Gasteiger partial charge < -0.3 is 10.1 Å². The summed E-state index contributed by atoms with van der Waals surface area (Å²) in [6.07, 6.45) is 1.45. The largest absolute Gasteiger partial charge is 0.467 e. The van der Waals surface area contributed by atoms with E-state index in [1.54, 1.807) is 0 Å². The second-order valence-electron chi connectivity index (χ2n) is 3.14. The maximum absolute atomic E-state index is 11.4. The van der Waals surface area contributed by atoms with Crippen LogP contribution >= 0.6 is 11.5 Å². The van der Waals surface area contributed by atoms with Crippen LogP contribution in [-0.4, -0.2) is 28.5 Å². The van der Waals surface area contributed by atoms with Crippen LogP contribution in [0.4, 0.5) is 5.13 Å². The quantitative estimate of drug-likeness (QED) is 0.763. The van der Waals surface area contributed by atoms with E-state index in [4.69, 9.17) is 0 Å². The summed E-state index contributed by atoms with van der Waals surface area (Å²) in [6, 6.07) is -0.368. The summed E-state index contributed by atoms with van der Waals surface area (Å²) in [4.78, 5) is 15.3. The first-order valence-corrected chi connectivity index (χ1v) is 5.03. The third kappa shape index (κ3) is 2.66. The zero-order chi connectivity index (χ0) is 10.6. The first kappa shape index (κ1) is 10.9. The molecule has 0 amide bonds. The average molecular weight is 215 g/mol.